The highest BCUT2D eigenvalue weighted by molar-refractivity contribution is 7.71. The number of nitro benzene ring substituents is 1. The lowest BCUT2D eigenvalue weighted by Crippen LogP contribution is -2.16. The maximum absolute atomic E-state index is 11.9. The van der Waals surface area contributed by atoms with Crippen LogP contribution in [0.3, 0.4) is 0 Å². The average Bonchev–Trinajstić information content (AvgIpc) is 2.42. The maximum Gasteiger partial charge on any atom is 0.311 e. The van der Waals surface area contributed by atoms with Gasteiger partial charge < -0.3 is 9.72 Å². The largest absolute Gasteiger partial charge is 0.490 e. The van der Waals surface area contributed by atoms with Gasteiger partial charge in [-0.05, 0) is 30.8 Å². The smallest absolute Gasteiger partial charge is 0.311 e. The van der Waals surface area contributed by atoms with Crippen molar-refractivity contribution in [3.8, 4) is 5.75 Å². The van der Waals surface area contributed by atoms with E-state index in [-0.39, 0.29) is 28.2 Å². The van der Waals surface area contributed by atoms with E-state index in [0.717, 1.165) is 0 Å². The fourth-order valence-corrected chi connectivity index (χ4v) is 2.28. The van der Waals surface area contributed by atoms with Gasteiger partial charge in [0.15, 0.2) is 10.5 Å². The van der Waals surface area contributed by atoms with Crippen molar-refractivity contribution in [2.75, 3.05) is 7.11 Å². The van der Waals surface area contributed by atoms with Crippen LogP contribution in [0.2, 0.25) is 0 Å². The van der Waals surface area contributed by atoms with Crippen LogP contribution in [0.1, 0.15) is 16.8 Å². The molecule has 1 heterocycles. The summed E-state index contributed by atoms with van der Waals surface area (Å²) in [5, 5.41) is 11.0. The fraction of sp³-hybridized carbons (Fsp3) is 0.231. The zero-order valence-corrected chi connectivity index (χ0v) is 12.2. The Morgan fingerprint density at radius 2 is 2.10 bits per heavy atom. The van der Waals surface area contributed by atoms with Crippen LogP contribution < -0.4 is 10.3 Å². The van der Waals surface area contributed by atoms with E-state index in [1.54, 1.807) is 13.0 Å². The predicted octanol–water partition coefficient (Wildman–Crippen LogP) is 2.25. The summed E-state index contributed by atoms with van der Waals surface area (Å²) in [7, 11) is 1.37. The topological polar surface area (TPSA) is 101 Å². The van der Waals surface area contributed by atoms with Gasteiger partial charge in [-0.1, -0.05) is 6.07 Å². The normalized spacial score (nSPS) is 10.4. The molecule has 2 rings (SSSR count). The Morgan fingerprint density at radius 3 is 2.67 bits per heavy atom. The van der Waals surface area contributed by atoms with Crippen LogP contribution in [0.15, 0.2) is 23.0 Å². The molecule has 21 heavy (non-hydrogen) atoms. The van der Waals surface area contributed by atoms with Gasteiger partial charge in [0.1, 0.15) is 0 Å². The summed E-state index contributed by atoms with van der Waals surface area (Å²) < 4.78 is 5.20. The summed E-state index contributed by atoms with van der Waals surface area (Å²) in [5.41, 5.74) is 1.34. The SMILES string of the molecule is COc1ccc(Cc2c(C)[nH]c(=S)[nH]c2=O)cc1[N+](=O)[O-]. The summed E-state index contributed by atoms with van der Waals surface area (Å²) >= 11 is 4.88. The molecule has 0 aliphatic rings. The van der Waals surface area contributed by atoms with Gasteiger partial charge >= 0.3 is 5.69 Å². The van der Waals surface area contributed by atoms with Gasteiger partial charge in [0.05, 0.1) is 12.0 Å². The fourth-order valence-electron chi connectivity index (χ4n) is 2.03. The summed E-state index contributed by atoms with van der Waals surface area (Å²) in [4.78, 5) is 27.8. The van der Waals surface area contributed by atoms with E-state index in [0.29, 0.717) is 16.8 Å². The number of benzene rings is 1. The van der Waals surface area contributed by atoms with Gasteiger partial charge in [-0.3, -0.25) is 19.9 Å². The number of rotatable bonds is 4. The first-order valence-corrected chi connectivity index (χ1v) is 6.46. The van der Waals surface area contributed by atoms with Crippen molar-refractivity contribution in [3.05, 3.63) is 60.3 Å². The second kappa shape index (κ2) is 5.88. The van der Waals surface area contributed by atoms with E-state index in [2.05, 4.69) is 9.97 Å². The molecule has 110 valence electrons. The average molecular weight is 307 g/mol. The summed E-state index contributed by atoms with van der Waals surface area (Å²) in [6.45, 7) is 1.73. The van der Waals surface area contributed by atoms with Crippen LogP contribution in [-0.4, -0.2) is 22.0 Å². The zero-order valence-electron chi connectivity index (χ0n) is 11.4. The standard InChI is InChI=1S/C13H13N3O4S/c1-7-9(12(17)15-13(21)14-7)5-8-3-4-11(20-2)10(6-8)16(18)19/h3-4,6H,5H2,1-2H3,(H2,14,15,17,21). The number of methoxy groups -OCH3 is 1. The third-order valence-corrected chi connectivity index (χ3v) is 3.28. The first kappa shape index (κ1) is 14.9. The van der Waals surface area contributed by atoms with Crippen LogP contribution in [0.4, 0.5) is 5.69 Å². The Morgan fingerprint density at radius 1 is 1.38 bits per heavy atom. The zero-order chi connectivity index (χ0) is 15.6. The van der Waals surface area contributed by atoms with E-state index in [4.69, 9.17) is 17.0 Å². The van der Waals surface area contributed by atoms with Crippen molar-refractivity contribution in [1.82, 2.24) is 9.97 Å². The number of ether oxygens (including phenoxy) is 1. The number of hydrogen-bond acceptors (Lipinski definition) is 5. The minimum Gasteiger partial charge on any atom is -0.490 e. The van der Waals surface area contributed by atoms with Crippen molar-refractivity contribution in [1.29, 1.82) is 0 Å². The number of hydrogen-bond donors (Lipinski definition) is 2. The number of nitro groups is 1. The molecule has 0 bridgehead atoms. The van der Waals surface area contributed by atoms with Crippen LogP contribution in [0.5, 0.6) is 5.75 Å². The molecular weight excluding hydrogens is 294 g/mol. The monoisotopic (exact) mass is 307 g/mol. The highest BCUT2D eigenvalue weighted by atomic mass is 32.1. The van der Waals surface area contributed by atoms with Crippen LogP contribution in [0, 0.1) is 21.8 Å². The Labute approximate surface area is 124 Å². The van der Waals surface area contributed by atoms with Crippen molar-refractivity contribution >= 4 is 17.9 Å². The highest BCUT2D eigenvalue weighted by Crippen LogP contribution is 2.28. The second-order valence-corrected chi connectivity index (χ2v) is 4.86. The Hall–Kier alpha value is -2.48. The second-order valence-electron chi connectivity index (χ2n) is 4.45. The van der Waals surface area contributed by atoms with Crippen molar-refractivity contribution in [2.45, 2.75) is 13.3 Å². The molecule has 0 aliphatic carbocycles. The van der Waals surface area contributed by atoms with E-state index >= 15 is 0 Å². The molecule has 8 heteroatoms. The first-order chi connectivity index (χ1) is 9.92. The lowest BCUT2D eigenvalue weighted by molar-refractivity contribution is -0.385. The first-order valence-electron chi connectivity index (χ1n) is 6.05. The lowest BCUT2D eigenvalue weighted by Gasteiger charge is -2.07. The van der Waals surface area contributed by atoms with Gasteiger partial charge in [0.25, 0.3) is 5.56 Å². The van der Waals surface area contributed by atoms with E-state index in [9.17, 15) is 14.9 Å². The lowest BCUT2D eigenvalue weighted by atomic mass is 10.0. The molecule has 0 fully saturated rings. The predicted molar refractivity (Wildman–Crippen MR) is 79.4 cm³/mol. The molecule has 0 amide bonds. The number of nitrogens with zero attached hydrogens (tertiary/aromatic N) is 1. The number of aryl methyl sites for hydroxylation is 1. The molecule has 1 aromatic heterocycles. The van der Waals surface area contributed by atoms with Gasteiger partial charge in [0.2, 0.25) is 0 Å². The van der Waals surface area contributed by atoms with E-state index < -0.39 is 4.92 Å². The molecule has 2 aromatic rings. The van der Waals surface area contributed by atoms with E-state index in [1.807, 2.05) is 0 Å². The Bertz CT molecular complexity index is 810. The minimum atomic E-state index is -0.516. The van der Waals surface area contributed by atoms with Gasteiger partial charge in [0, 0.05) is 23.7 Å². The summed E-state index contributed by atoms with van der Waals surface area (Å²) in [6.07, 6.45) is 0.262. The van der Waals surface area contributed by atoms with Crippen molar-refractivity contribution in [3.63, 3.8) is 0 Å². The molecule has 0 atom stereocenters. The quantitative estimate of drug-likeness (QED) is 0.512. The molecule has 0 saturated heterocycles. The number of aromatic nitrogens is 2. The molecule has 7 nitrogen and oxygen atoms in total. The third-order valence-electron chi connectivity index (χ3n) is 3.08. The molecule has 2 N–H and O–H groups in total. The van der Waals surface area contributed by atoms with Crippen molar-refractivity contribution in [2.24, 2.45) is 0 Å². The third kappa shape index (κ3) is 3.16. The Balaban J connectivity index is 2.46. The molecule has 0 unspecified atom stereocenters. The summed E-state index contributed by atoms with van der Waals surface area (Å²) in [6, 6.07) is 4.60. The molecule has 0 aliphatic heterocycles. The Kier molecular flexibility index (Phi) is 4.18. The van der Waals surface area contributed by atoms with Gasteiger partial charge in [-0.15, -0.1) is 0 Å². The molecule has 1 aromatic carbocycles. The summed E-state index contributed by atoms with van der Waals surface area (Å²) in [5.74, 6) is 0.182. The molecular formula is C13H13N3O4S. The van der Waals surface area contributed by atoms with Crippen LogP contribution >= 0.6 is 12.2 Å². The molecule has 0 spiro atoms. The number of aromatic amines is 2. The van der Waals surface area contributed by atoms with Crippen molar-refractivity contribution < 1.29 is 9.66 Å². The molecule has 0 radical (unpaired) electrons. The van der Waals surface area contributed by atoms with Gasteiger partial charge in [-0.2, -0.15) is 0 Å². The van der Waals surface area contributed by atoms with Gasteiger partial charge in [-0.25, -0.2) is 0 Å². The van der Waals surface area contributed by atoms with E-state index in [1.165, 1.54) is 19.2 Å². The minimum absolute atomic E-state index is 0.132. The number of H-pyrrole nitrogens is 2. The van der Waals surface area contributed by atoms with Crippen LogP contribution in [0.25, 0.3) is 0 Å². The maximum atomic E-state index is 11.9. The molecule has 0 saturated carbocycles. The highest BCUT2D eigenvalue weighted by Gasteiger charge is 2.16. The number of nitrogens with one attached hydrogen (secondary N) is 2. The van der Waals surface area contributed by atoms with Crippen LogP contribution in [-0.2, 0) is 6.42 Å².